The zero-order valence-corrected chi connectivity index (χ0v) is 8.20. The summed E-state index contributed by atoms with van der Waals surface area (Å²) in [5.41, 5.74) is 0. The summed E-state index contributed by atoms with van der Waals surface area (Å²) in [7, 11) is 6.49. The summed E-state index contributed by atoms with van der Waals surface area (Å²) >= 11 is 0. The Kier molecular flexibility index (Phi) is 7.39. The van der Waals surface area contributed by atoms with Crippen molar-refractivity contribution in [2.75, 3.05) is 35.0 Å². The minimum Gasteiger partial charge on any atom is -0.382 e. The predicted molar refractivity (Wildman–Crippen MR) is 45.1 cm³/mol. The van der Waals surface area contributed by atoms with E-state index in [1.807, 2.05) is 0 Å². The van der Waals surface area contributed by atoms with Gasteiger partial charge >= 0.3 is 0 Å². The van der Waals surface area contributed by atoms with Crippen molar-refractivity contribution in [2.45, 2.75) is 18.8 Å². The molecule has 1 unspecified atom stereocenters. The molecule has 1 atom stereocenters. The van der Waals surface area contributed by atoms with E-state index in [-0.39, 0.29) is 12.4 Å². The summed E-state index contributed by atoms with van der Waals surface area (Å²) in [5.74, 6) is 0. The summed E-state index contributed by atoms with van der Waals surface area (Å²) in [6.45, 7) is 0.555. The van der Waals surface area contributed by atoms with Gasteiger partial charge in [0.1, 0.15) is 0 Å². The van der Waals surface area contributed by atoms with Gasteiger partial charge in [0.25, 0.3) is 0 Å². The Labute approximate surface area is 73.7 Å². The van der Waals surface area contributed by atoms with Crippen molar-refractivity contribution in [2.24, 2.45) is 0 Å². The molecule has 0 aliphatic rings. The normalized spacial score (nSPS) is 13.8. The Morgan fingerprint density at radius 3 is 1.83 bits per heavy atom. The largest absolute Gasteiger partial charge is 0.382 e. The highest BCUT2D eigenvalue weighted by molar-refractivity contribution is 4.58. The summed E-state index contributed by atoms with van der Waals surface area (Å²) < 4.78 is 20.1. The van der Waals surface area contributed by atoms with Crippen LogP contribution >= 0.6 is 0 Å². The van der Waals surface area contributed by atoms with Gasteiger partial charge in [-0.1, -0.05) is 0 Å². The predicted octanol–water partition coefficient (Wildman–Crippen LogP) is 0.657. The maximum atomic E-state index is 5.14. The number of rotatable bonds is 7. The van der Waals surface area contributed by atoms with Crippen LogP contribution in [0.3, 0.4) is 0 Å². The monoisotopic (exact) mass is 178 g/mol. The van der Waals surface area contributed by atoms with Gasteiger partial charge in [0.05, 0.1) is 12.7 Å². The Morgan fingerprint density at radius 1 is 0.917 bits per heavy atom. The van der Waals surface area contributed by atoms with Crippen molar-refractivity contribution in [3.05, 3.63) is 0 Å². The van der Waals surface area contributed by atoms with E-state index >= 15 is 0 Å². The van der Waals surface area contributed by atoms with Gasteiger partial charge in [0.15, 0.2) is 6.29 Å². The van der Waals surface area contributed by atoms with Gasteiger partial charge in [0.2, 0.25) is 0 Å². The standard InChI is InChI=1S/C8H18O4/c1-9-6-7(10-2)5-8(11-3)12-4/h7-8H,5-6H2,1-4H3. The number of ether oxygens (including phenoxy) is 4. The summed E-state index contributed by atoms with van der Waals surface area (Å²) in [6.07, 6.45) is 0.488. The second kappa shape index (κ2) is 7.49. The molecule has 0 saturated carbocycles. The third-order valence-corrected chi connectivity index (χ3v) is 1.67. The van der Waals surface area contributed by atoms with E-state index < -0.39 is 0 Å². The highest BCUT2D eigenvalue weighted by Crippen LogP contribution is 2.05. The average molecular weight is 178 g/mol. The highest BCUT2D eigenvalue weighted by atomic mass is 16.7. The Bertz CT molecular complexity index is 93.1. The van der Waals surface area contributed by atoms with Gasteiger partial charge in [-0.2, -0.15) is 0 Å². The van der Waals surface area contributed by atoms with Crippen molar-refractivity contribution in [1.29, 1.82) is 0 Å². The van der Waals surface area contributed by atoms with Crippen molar-refractivity contribution in [3.8, 4) is 0 Å². The molecule has 0 N–H and O–H groups in total. The van der Waals surface area contributed by atoms with Crippen LogP contribution in [-0.4, -0.2) is 47.4 Å². The molecule has 0 aliphatic carbocycles. The van der Waals surface area contributed by atoms with Crippen molar-refractivity contribution in [3.63, 3.8) is 0 Å². The third-order valence-electron chi connectivity index (χ3n) is 1.67. The zero-order chi connectivity index (χ0) is 9.40. The fraction of sp³-hybridized carbons (Fsp3) is 1.00. The van der Waals surface area contributed by atoms with Gasteiger partial charge in [-0.05, 0) is 0 Å². The summed E-state index contributed by atoms with van der Waals surface area (Å²) in [5, 5.41) is 0. The van der Waals surface area contributed by atoms with Crippen LogP contribution in [-0.2, 0) is 18.9 Å². The van der Waals surface area contributed by atoms with Crippen LogP contribution in [0.4, 0.5) is 0 Å². The number of methoxy groups -OCH3 is 4. The molecule has 4 nitrogen and oxygen atoms in total. The maximum Gasteiger partial charge on any atom is 0.159 e. The van der Waals surface area contributed by atoms with E-state index in [1.54, 1.807) is 28.4 Å². The summed E-state index contributed by atoms with van der Waals surface area (Å²) in [4.78, 5) is 0. The van der Waals surface area contributed by atoms with Crippen molar-refractivity contribution in [1.82, 2.24) is 0 Å². The molecule has 0 aromatic heterocycles. The first-order valence-electron chi connectivity index (χ1n) is 3.85. The van der Waals surface area contributed by atoms with E-state index in [9.17, 15) is 0 Å². The lowest BCUT2D eigenvalue weighted by atomic mass is 10.2. The van der Waals surface area contributed by atoms with Gasteiger partial charge < -0.3 is 18.9 Å². The molecule has 0 rings (SSSR count). The molecule has 0 aromatic carbocycles. The van der Waals surface area contributed by atoms with Crippen LogP contribution in [0.2, 0.25) is 0 Å². The molecule has 0 fully saturated rings. The van der Waals surface area contributed by atoms with Crippen molar-refractivity contribution < 1.29 is 18.9 Å². The number of hydrogen-bond donors (Lipinski definition) is 0. The van der Waals surface area contributed by atoms with Crippen LogP contribution in [0.1, 0.15) is 6.42 Å². The van der Waals surface area contributed by atoms with E-state index in [0.717, 1.165) is 0 Å². The van der Waals surface area contributed by atoms with Gasteiger partial charge in [-0.25, -0.2) is 0 Å². The molecule has 0 amide bonds. The van der Waals surface area contributed by atoms with Gasteiger partial charge in [0, 0.05) is 34.9 Å². The molecule has 12 heavy (non-hydrogen) atoms. The molecule has 0 spiro atoms. The van der Waals surface area contributed by atoms with Crippen LogP contribution in [0.25, 0.3) is 0 Å². The number of hydrogen-bond acceptors (Lipinski definition) is 4. The van der Waals surface area contributed by atoms with Crippen LogP contribution < -0.4 is 0 Å². The van der Waals surface area contributed by atoms with E-state index in [0.29, 0.717) is 13.0 Å². The SMILES string of the molecule is COCC(CC(OC)OC)OC. The van der Waals surface area contributed by atoms with Crippen LogP contribution in [0.5, 0.6) is 0 Å². The molecule has 0 saturated heterocycles. The molecule has 0 bridgehead atoms. The molecule has 0 radical (unpaired) electrons. The molecule has 0 aromatic rings. The van der Waals surface area contributed by atoms with Crippen molar-refractivity contribution >= 4 is 0 Å². The van der Waals surface area contributed by atoms with Crippen LogP contribution in [0.15, 0.2) is 0 Å². The van der Waals surface area contributed by atoms with E-state index in [4.69, 9.17) is 18.9 Å². The van der Waals surface area contributed by atoms with Gasteiger partial charge in [-0.15, -0.1) is 0 Å². The molecular formula is C8H18O4. The third kappa shape index (κ3) is 4.66. The Hall–Kier alpha value is -0.160. The Morgan fingerprint density at radius 2 is 1.50 bits per heavy atom. The van der Waals surface area contributed by atoms with E-state index in [2.05, 4.69) is 0 Å². The molecule has 0 aliphatic heterocycles. The topological polar surface area (TPSA) is 36.9 Å². The zero-order valence-electron chi connectivity index (χ0n) is 8.20. The Balaban J connectivity index is 3.65. The molecule has 4 heteroatoms. The smallest absolute Gasteiger partial charge is 0.159 e. The first kappa shape index (κ1) is 11.8. The quantitative estimate of drug-likeness (QED) is 0.536. The first-order chi connectivity index (χ1) is 5.78. The van der Waals surface area contributed by atoms with Gasteiger partial charge in [-0.3, -0.25) is 0 Å². The van der Waals surface area contributed by atoms with Crippen LogP contribution in [0, 0.1) is 0 Å². The second-order valence-electron chi connectivity index (χ2n) is 2.45. The highest BCUT2D eigenvalue weighted by Gasteiger charge is 2.14. The minimum absolute atomic E-state index is 0.0277. The maximum absolute atomic E-state index is 5.14. The fourth-order valence-corrected chi connectivity index (χ4v) is 0.922. The van der Waals surface area contributed by atoms with E-state index in [1.165, 1.54) is 0 Å². The average Bonchev–Trinajstić information content (AvgIpc) is 2.12. The second-order valence-corrected chi connectivity index (χ2v) is 2.45. The lowest BCUT2D eigenvalue weighted by Gasteiger charge is -2.19. The molecular weight excluding hydrogens is 160 g/mol. The lowest BCUT2D eigenvalue weighted by molar-refractivity contribution is -0.132. The lowest BCUT2D eigenvalue weighted by Crippen LogP contribution is -2.26. The first-order valence-corrected chi connectivity index (χ1v) is 3.85. The molecule has 0 heterocycles. The summed E-state index contributed by atoms with van der Waals surface area (Å²) in [6, 6.07) is 0. The minimum atomic E-state index is -0.218. The molecule has 74 valence electrons. The fourth-order valence-electron chi connectivity index (χ4n) is 0.922.